The summed E-state index contributed by atoms with van der Waals surface area (Å²) in [5, 5.41) is 3.92. The highest BCUT2D eigenvalue weighted by molar-refractivity contribution is 5.69. The maximum atomic E-state index is 11.6. The number of nitrogens with zero attached hydrogens (tertiary/aromatic N) is 1. The lowest BCUT2D eigenvalue weighted by atomic mass is 9.90. The molecular weight excluding hydrogens is 254 g/mol. The fraction of sp³-hybridized carbons (Fsp3) is 0.750. The molecule has 114 valence electrons. The van der Waals surface area contributed by atoms with Crippen molar-refractivity contribution in [1.82, 2.24) is 5.16 Å². The van der Waals surface area contributed by atoms with E-state index in [0.29, 0.717) is 12.1 Å². The van der Waals surface area contributed by atoms with Gasteiger partial charge in [0.05, 0.1) is 0 Å². The number of esters is 1. The summed E-state index contributed by atoms with van der Waals surface area (Å²) in [5.74, 6) is 0.630. The Morgan fingerprint density at radius 1 is 1.25 bits per heavy atom. The lowest BCUT2D eigenvalue weighted by Crippen LogP contribution is -2.09. The summed E-state index contributed by atoms with van der Waals surface area (Å²) >= 11 is 0. The zero-order valence-corrected chi connectivity index (χ0v) is 13.6. The van der Waals surface area contributed by atoms with Crippen LogP contribution in [-0.2, 0) is 21.6 Å². The average molecular weight is 281 g/mol. The molecule has 4 nitrogen and oxygen atoms in total. The van der Waals surface area contributed by atoms with Crippen LogP contribution in [0.4, 0.5) is 0 Å². The summed E-state index contributed by atoms with van der Waals surface area (Å²) in [5.41, 5.74) is 0.842. The Balaban J connectivity index is 2.33. The molecule has 20 heavy (non-hydrogen) atoms. The maximum Gasteiger partial charge on any atom is 0.306 e. The topological polar surface area (TPSA) is 52.3 Å². The molecule has 4 heteroatoms. The normalized spacial score (nSPS) is 12.5. The molecule has 0 N–H and O–H groups in total. The summed E-state index contributed by atoms with van der Waals surface area (Å²) in [6, 6.07) is 1.85. The third kappa shape index (κ3) is 6.22. The highest BCUT2D eigenvalue weighted by atomic mass is 16.5. The van der Waals surface area contributed by atoms with E-state index in [1.807, 2.05) is 6.07 Å². The smallest absolute Gasteiger partial charge is 0.306 e. The van der Waals surface area contributed by atoms with Crippen molar-refractivity contribution in [2.24, 2.45) is 5.41 Å². The van der Waals surface area contributed by atoms with Gasteiger partial charge in [0.25, 0.3) is 0 Å². The second-order valence-electron chi connectivity index (χ2n) is 7.51. The van der Waals surface area contributed by atoms with Gasteiger partial charge >= 0.3 is 5.97 Å². The first-order valence-corrected chi connectivity index (χ1v) is 7.20. The summed E-state index contributed by atoms with van der Waals surface area (Å²) < 4.78 is 10.5. The molecule has 0 aliphatic heterocycles. The molecule has 0 radical (unpaired) electrons. The van der Waals surface area contributed by atoms with Crippen molar-refractivity contribution in [3.63, 3.8) is 0 Å². The molecule has 0 spiro atoms. The molecule has 0 bridgehead atoms. The number of hydrogen-bond donors (Lipinski definition) is 0. The first-order chi connectivity index (χ1) is 9.08. The lowest BCUT2D eigenvalue weighted by molar-refractivity contribution is -0.145. The van der Waals surface area contributed by atoms with Crippen molar-refractivity contribution in [2.75, 3.05) is 0 Å². The van der Waals surface area contributed by atoms with Gasteiger partial charge in [0.2, 0.25) is 0 Å². The van der Waals surface area contributed by atoms with Crippen LogP contribution in [0.5, 0.6) is 0 Å². The van der Waals surface area contributed by atoms with Crippen LogP contribution in [0.25, 0.3) is 0 Å². The van der Waals surface area contributed by atoms with Crippen molar-refractivity contribution >= 4 is 5.97 Å². The molecule has 0 aliphatic carbocycles. The Bertz CT molecular complexity index is 435. The standard InChI is InChI=1S/C16H27NO3/c1-15(2,3)9-7-8-14(18)19-11-12-10-13(20-17-12)16(4,5)6/h10H,7-9,11H2,1-6H3. The van der Waals surface area contributed by atoms with E-state index in [0.717, 1.165) is 18.6 Å². The molecule has 0 unspecified atom stereocenters. The molecule has 0 saturated carbocycles. The summed E-state index contributed by atoms with van der Waals surface area (Å²) in [7, 11) is 0. The van der Waals surface area contributed by atoms with Gasteiger partial charge in [0.1, 0.15) is 18.1 Å². The Morgan fingerprint density at radius 2 is 1.90 bits per heavy atom. The van der Waals surface area contributed by atoms with E-state index in [4.69, 9.17) is 9.26 Å². The fourth-order valence-corrected chi connectivity index (χ4v) is 1.72. The van der Waals surface area contributed by atoms with E-state index < -0.39 is 0 Å². The van der Waals surface area contributed by atoms with Gasteiger partial charge in [-0.1, -0.05) is 46.7 Å². The number of aromatic nitrogens is 1. The van der Waals surface area contributed by atoms with E-state index in [1.54, 1.807) is 0 Å². The maximum absolute atomic E-state index is 11.6. The van der Waals surface area contributed by atoms with Crippen molar-refractivity contribution in [1.29, 1.82) is 0 Å². The second-order valence-corrected chi connectivity index (χ2v) is 7.51. The van der Waals surface area contributed by atoms with Crippen molar-refractivity contribution < 1.29 is 14.1 Å². The molecule has 0 saturated heterocycles. The van der Waals surface area contributed by atoms with Gasteiger partial charge in [-0.25, -0.2) is 0 Å². The molecule has 0 fully saturated rings. The summed E-state index contributed by atoms with van der Waals surface area (Å²) in [4.78, 5) is 11.6. The fourth-order valence-electron chi connectivity index (χ4n) is 1.72. The highest BCUT2D eigenvalue weighted by Crippen LogP contribution is 2.23. The van der Waals surface area contributed by atoms with Crippen LogP contribution in [-0.4, -0.2) is 11.1 Å². The zero-order valence-electron chi connectivity index (χ0n) is 13.6. The molecule has 1 aromatic heterocycles. The molecule has 1 heterocycles. The molecule has 0 atom stereocenters. The number of carbonyl (C=O) groups is 1. The van der Waals surface area contributed by atoms with Gasteiger partial charge in [-0.05, 0) is 18.3 Å². The predicted molar refractivity (Wildman–Crippen MR) is 78.3 cm³/mol. The van der Waals surface area contributed by atoms with E-state index in [2.05, 4.69) is 46.7 Å². The zero-order chi connectivity index (χ0) is 15.4. The Kier molecular flexibility index (Phi) is 5.37. The summed E-state index contributed by atoms with van der Waals surface area (Å²) in [6.45, 7) is 12.8. The SMILES string of the molecule is CC(C)(C)CCCC(=O)OCc1cc(C(C)(C)C)on1. The highest BCUT2D eigenvalue weighted by Gasteiger charge is 2.20. The van der Waals surface area contributed by atoms with E-state index >= 15 is 0 Å². The van der Waals surface area contributed by atoms with E-state index in [-0.39, 0.29) is 23.4 Å². The van der Waals surface area contributed by atoms with Crippen molar-refractivity contribution in [2.45, 2.75) is 72.8 Å². The van der Waals surface area contributed by atoms with E-state index in [1.165, 1.54) is 0 Å². The average Bonchev–Trinajstić information content (AvgIpc) is 2.72. The first-order valence-electron chi connectivity index (χ1n) is 7.20. The molecule has 0 aliphatic rings. The minimum Gasteiger partial charge on any atom is -0.459 e. The molecule has 1 aromatic rings. The van der Waals surface area contributed by atoms with Crippen LogP contribution >= 0.6 is 0 Å². The van der Waals surface area contributed by atoms with Gasteiger partial charge in [-0.3, -0.25) is 4.79 Å². The minimum atomic E-state index is -0.172. The molecule has 1 rings (SSSR count). The Labute approximate surface area is 121 Å². The quantitative estimate of drug-likeness (QED) is 0.758. The van der Waals surface area contributed by atoms with Crippen LogP contribution in [0.3, 0.4) is 0 Å². The van der Waals surface area contributed by atoms with Crippen molar-refractivity contribution in [3.05, 3.63) is 17.5 Å². The van der Waals surface area contributed by atoms with Gasteiger partial charge in [-0.2, -0.15) is 0 Å². The molecule has 0 amide bonds. The number of hydrogen-bond acceptors (Lipinski definition) is 4. The van der Waals surface area contributed by atoms with Crippen LogP contribution in [0.1, 0.15) is 72.3 Å². The first kappa shape index (κ1) is 16.7. The van der Waals surface area contributed by atoms with Crippen LogP contribution < -0.4 is 0 Å². The van der Waals surface area contributed by atoms with Gasteiger partial charge < -0.3 is 9.26 Å². The molecular formula is C16H27NO3. The number of rotatable bonds is 5. The van der Waals surface area contributed by atoms with E-state index in [9.17, 15) is 4.79 Å². The second kappa shape index (κ2) is 6.42. The van der Waals surface area contributed by atoms with Gasteiger partial charge in [0, 0.05) is 17.9 Å². The van der Waals surface area contributed by atoms with Crippen molar-refractivity contribution in [3.8, 4) is 0 Å². The lowest BCUT2D eigenvalue weighted by Gasteiger charge is -2.17. The molecule has 0 aromatic carbocycles. The third-order valence-electron chi connectivity index (χ3n) is 2.99. The van der Waals surface area contributed by atoms with Gasteiger partial charge in [-0.15, -0.1) is 0 Å². The Hall–Kier alpha value is -1.32. The summed E-state index contributed by atoms with van der Waals surface area (Å²) in [6.07, 6.45) is 2.33. The third-order valence-corrected chi connectivity index (χ3v) is 2.99. The van der Waals surface area contributed by atoms with Crippen LogP contribution in [0, 0.1) is 5.41 Å². The monoisotopic (exact) mass is 281 g/mol. The predicted octanol–water partition coefficient (Wildman–Crippen LogP) is 4.23. The largest absolute Gasteiger partial charge is 0.459 e. The number of carbonyl (C=O) groups excluding carboxylic acids is 1. The van der Waals surface area contributed by atoms with Crippen LogP contribution in [0.15, 0.2) is 10.6 Å². The Morgan fingerprint density at radius 3 is 2.40 bits per heavy atom. The minimum absolute atomic E-state index is 0.0814. The van der Waals surface area contributed by atoms with Crippen LogP contribution in [0.2, 0.25) is 0 Å². The number of ether oxygens (including phenoxy) is 1. The van der Waals surface area contributed by atoms with Gasteiger partial charge in [0.15, 0.2) is 0 Å².